The van der Waals surface area contributed by atoms with Gasteiger partial charge < -0.3 is 9.47 Å². The maximum Gasteiger partial charge on any atom is 0.347 e. The van der Waals surface area contributed by atoms with Gasteiger partial charge in [-0.15, -0.1) is 0 Å². The lowest BCUT2D eigenvalue weighted by Crippen LogP contribution is -2.25. The number of benzene rings is 1. The molecule has 27 heavy (non-hydrogen) atoms. The van der Waals surface area contributed by atoms with Crippen LogP contribution in [0.25, 0.3) is 11.1 Å². The summed E-state index contributed by atoms with van der Waals surface area (Å²) in [5.74, 6) is 1.32. The second kappa shape index (κ2) is 11.6. The highest BCUT2D eigenvalue weighted by Crippen LogP contribution is 2.23. The quantitative estimate of drug-likeness (QED) is 0.230. The first-order valence-corrected chi connectivity index (χ1v) is 10.5. The van der Waals surface area contributed by atoms with Crippen LogP contribution in [0.3, 0.4) is 0 Å². The monoisotopic (exact) mass is 388 g/mol. The van der Waals surface area contributed by atoms with Gasteiger partial charge in [0.25, 0.3) is 0 Å². The lowest BCUT2D eigenvalue weighted by atomic mass is 10.1. The van der Waals surface area contributed by atoms with E-state index in [9.17, 15) is 4.79 Å². The average molecular weight is 389 g/mol. The van der Waals surface area contributed by atoms with Gasteiger partial charge in [0.05, 0.1) is 6.61 Å². The summed E-state index contributed by atoms with van der Waals surface area (Å²) in [4.78, 5) is 20.5. The smallest absolute Gasteiger partial charge is 0.347 e. The fraction of sp³-hybridized carbons (Fsp3) is 0.476. The Balaban J connectivity index is 1.88. The topological polar surface area (TPSA) is 61.3 Å². The summed E-state index contributed by atoms with van der Waals surface area (Å²) in [6.07, 6.45) is 8.07. The Hall–Kier alpha value is -2.08. The Morgan fingerprint density at radius 2 is 1.74 bits per heavy atom. The predicted octanol–water partition coefficient (Wildman–Crippen LogP) is 5.15. The highest BCUT2D eigenvalue weighted by atomic mass is 32.2. The third kappa shape index (κ3) is 7.21. The molecule has 0 aliphatic heterocycles. The van der Waals surface area contributed by atoms with Crippen molar-refractivity contribution in [1.82, 2.24) is 9.97 Å². The van der Waals surface area contributed by atoms with E-state index in [0.717, 1.165) is 22.0 Å². The van der Waals surface area contributed by atoms with Crippen molar-refractivity contribution >= 4 is 17.7 Å². The summed E-state index contributed by atoms with van der Waals surface area (Å²) in [5.41, 5.74) is 1.96. The van der Waals surface area contributed by atoms with Crippen LogP contribution in [-0.2, 0) is 9.53 Å². The summed E-state index contributed by atoms with van der Waals surface area (Å²) < 4.78 is 10.5. The molecule has 2 aromatic rings. The predicted molar refractivity (Wildman–Crippen MR) is 109 cm³/mol. The second-order valence-corrected chi connectivity index (χ2v) is 7.26. The fourth-order valence-corrected chi connectivity index (χ4v) is 3.26. The van der Waals surface area contributed by atoms with Crippen molar-refractivity contribution in [3.05, 3.63) is 36.7 Å². The fourth-order valence-electron chi connectivity index (χ4n) is 2.47. The van der Waals surface area contributed by atoms with E-state index < -0.39 is 6.10 Å². The van der Waals surface area contributed by atoms with Gasteiger partial charge in [-0.3, -0.25) is 0 Å². The van der Waals surface area contributed by atoms with Crippen molar-refractivity contribution in [2.75, 3.05) is 12.4 Å². The van der Waals surface area contributed by atoms with Gasteiger partial charge in [-0.05, 0) is 38.0 Å². The molecule has 0 unspecified atom stereocenters. The first-order valence-electron chi connectivity index (χ1n) is 9.52. The molecule has 5 nitrogen and oxygen atoms in total. The van der Waals surface area contributed by atoms with Crippen LogP contribution in [0.4, 0.5) is 0 Å². The minimum absolute atomic E-state index is 0.346. The Labute approximate surface area is 165 Å². The number of thioether (sulfide) groups is 1. The third-order valence-corrected chi connectivity index (χ3v) is 4.94. The van der Waals surface area contributed by atoms with Crippen molar-refractivity contribution in [2.45, 2.75) is 57.7 Å². The van der Waals surface area contributed by atoms with Crippen LogP contribution in [-0.4, -0.2) is 34.4 Å². The Morgan fingerprint density at radius 3 is 2.37 bits per heavy atom. The maximum atomic E-state index is 11.6. The Morgan fingerprint density at radius 1 is 1.04 bits per heavy atom. The molecule has 146 valence electrons. The van der Waals surface area contributed by atoms with E-state index in [4.69, 9.17) is 9.47 Å². The molecular formula is C21H28N2O3S. The number of nitrogens with zero attached hydrogens (tertiary/aromatic N) is 2. The standard InChI is InChI=1S/C21H28N2O3S/c1-4-6-7-8-13-27-21-22-14-18(15-23-21)17-9-11-19(12-10-17)26-16(3)20(24)25-5-2/h9-12,14-16H,4-8,13H2,1-3H3/t16-/m1/s1. The number of aromatic nitrogens is 2. The minimum atomic E-state index is -0.632. The lowest BCUT2D eigenvalue weighted by molar-refractivity contribution is -0.150. The van der Waals surface area contributed by atoms with Gasteiger partial charge in [0.1, 0.15) is 5.75 Å². The van der Waals surface area contributed by atoms with Crippen molar-refractivity contribution in [2.24, 2.45) is 0 Å². The molecule has 1 aromatic heterocycles. The van der Waals surface area contributed by atoms with E-state index in [2.05, 4.69) is 16.9 Å². The zero-order chi connectivity index (χ0) is 19.5. The van der Waals surface area contributed by atoms with Crippen molar-refractivity contribution in [3.8, 4) is 16.9 Å². The lowest BCUT2D eigenvalue weighted by Gasteiger charge is -2.13. The number of hydrogen-bond donors (Lipinski definition) is 0. The van der Waals surface area contributed by atoms with Gasteiger partial charge >= 0.3 is 5.97 Å². The van der Waals surface area contributed by atoms with E-state index >= 15 is 0 Å². The largest absolute Gasteiger partial charge is 0.479 e. The van der Waals surface area contributed by atoms with Gasteiger partial charge in [0.15, 0.2) is 11.3 Å². The summed E-state index contributed by atoms with van der Waals surface area (Å²) in [6.45, 7) is 6.02. The number of hydrogen-bond acceptors (Lipinski definition) is 6. The minimum Gasteiger partial charge on any atom is -0.479 e. The molecule has 0 fully saturated rings. The molecule has 6 heteroatoms. The highest BCUT2D eigenvalue weighted by Gasteiger charge is 2.15. The highest BCUT2D eigenvalue weighted by molar-refractivity contribution is 7.99. The molecule has 0 spiro atoms. The van der Waals surface area contributed by atoms with Crippen LogP contribution in [0, 0.1) is 0 Å². The molecule has 0 aliphatic rings. The number of rotatable bonds is 11. The molecule has 1 aromatic carbocycles. The summed E-state index contributed by atoms with van der Waals surface area (Å²) >= 11 is 1.70. The SMILES string of the molecule is CCCCCCSc1ncc(-c2ccc(O[C@H](C)C(=O)OCC)cc2)cn1. The van der Waals surface area contributed by atoms with Crippen LogP contribution < -0.4 is 4.74 Å². The molecule has 1 atom stereocenters. The third-order valence-electron chi connectivity index (χ3n) is 3.98. The van der Waals surface area contributed by atoms with E-state index in [1.165, 1.54) is 25.7 Å². The summed E-state index contributed by atoms with van der Waals surface area (Å²) in [6, 6.07) is 7.54. The van der Waals surface area contributed by atoms with Crippen LogP contribution in [0.15, 0.2) is 41.8 Å². The van der Waals surface area contributed by atoms with Gasteiger partial charge in [0.2, 0.25) is 0 Å². The summed E-state index contributed by atoms with van der Waals surface area (Å²) in [7, 11) is 0. The van der Waals surface area contributed by atoms with Crippen LogP contribution in [0.2, 0.25) is 0 Å². The molecule has 0 aliphatic carbocycles. The number of esters is 1. The Bertz CT molecular complexity index is 690. The zero-order valence-corrected chi connectivity index (χ0v) is 17.1. The van der Waals surface area contributed by atoms with E-state index in [1.54, 1.807) is 25.6 Å². The number of unbranched alkanes of at least 4 members (excludes halogenated alkanes) is 3. The zero-order valence-electron chi connectivity index (χ0n) is 16.3. The molecule has 2 rings (SSSR count). The molecule has 0 saturated heterocycles. The summed E-state index contributed by atoms with van der Waals surface area (Å²) in [5, 5.41) is 0.818. The Kier molecular flexibility index (Phi) is 9.11. The first kappa shape index (κ1) is 21.2. The van der Waals surface area contributed by atoms with Crippen LogP contribution >= 0.6 is 11.8 Å². The van der Waals surface area contributed by atoms with Gasteiger partial charge in [0, 0.05) is 23.7 Å². The molecule has 1 heterocycles. The first-order chi connectivity index (χ1) is 13.1. The van der Waals surface area contributed by atoms with E-state index in [0.29, 0.717) is 12.4 Å². The number of carbonyl (C=O) groups is 1. The molecule has 0 saturated carbocycles. The molecule has 0 N–H and O–H groups in total. The van der Waals surface area contributed by atoms with E-state index in [-0.39, 0.29) is 5.97 Å². The van der Waals surface area contributed by atoms with Crippen LogP contribution in [0.5, 0.6) is 5.75 Å². The van der Waals surface area contributed by atoms with Crippen molar-refractivity contribution < 1.29 is 14.3 Å². The van der Waals surface area contributed by atoms with Crippen molar-refractivity contribution in [3.63, 3.8) is 0 Å². The molecule has 0 bridgehead atoms. The number of carbonyl (C=O) groups excluding carboxylic acids is 1. The van der Waals surface area contributed by atoms with Crippen molar-refractivity contribution in [1.29, 1.82) is 0 Å². The van der Waals surface area contributed by atoms with E-state index in [1.807, 2.05) is 36.7 Å². The van der Waals surface area contributed by atoms with Gasteiger partial charge in [-0.25, -0.2) is 14.8 Å². The number of ether oxygens (including phenoxy) is 2. The molecular weight excluding hydrogens is 360 g/mol. The van der Waals surface area contributed by atoms with Gasteiger partial charge in [-0.2, -0.15) is 0 Å². The van der Waals surface area contributed by atoms with Crippen LogP contribution in [0.1, 0.15) is 46.5 Å². The molecule has 0 amide bonds. The average Bonchev–Trinajstić information content (AvgIpc) is 2.69. The molecule has 0 radical (unpaired) electrons. The van der Waals surface area contributed by atoms with Gasteiger partial charge in [-0.1, -0.05) is 50.1 Å². The maximum absolute atomic E-state index is 11.6. The normalized spacial score (nSPS) is 11.8. The second-order valence-electron chi connectivity index (χ2n) is 6.20.